The topological polar surface area (TPSA) is 9.23 Å². The summed E-state index contributed by atoms with van der Waals surface area (Å²) < 4.78 is 7.79. The molecule has 1 nitrogen and oxygen atoms in total. The van der Waals surface area contributed by atoms with Crippen molar-refractivity contribution >= 4 is 0 Å². The molecule has 6 fully saturated rings. The van der Waals surface area contributed by atoms with E-state index in [1.807, 2.05) is 0 Å². The maximum absolute atomic E-state index is 7.79. The fourth-order valence-electron chi connectivity index (χ4n) is 12.5. The molecule has 0 saturated heterocycles. The number of rotatable bonds is 2. The van der Waals surface area contributed by atoms with Gasteiger partial charge in [0.1, 0.15) is 0 Å². The fourth-order valence-corrected chi connectivity index (χ4v) is 12.5. The second-order valence-electron chi connectivity index (χ2n) is 15.4. The standard InChI is InChI=1S/C30H50O/c1-19-9-15-29-17-21(19)25(3,4)23(29)11-13-27(29,7)31-28(8)14-12-24-26(5,6)22-18-30(24,28)16-10-20(22)2/h19-24H,9-18H2,1-8H3/t19-,20-,21-,22-,23+,24+,27-,28-,29+,30+/m1/s1. The van der Waals surface area contributed by atoms with E-state index in [1.54, 1.807) is 0 Å². The van der Waals surface area contributed by atoms with Crippen molar-refractivity contribution in [1.29, 1.82) is 0 Å². The molecule has 31 heavy (non-hydrogen) atoms. The highest BCUT2D eigenvalue weighted by atomic mass is 16.5. The van der Waals surface area contributed by atoms with Crippen LogP contribution in [-0.2, 0) is 4.74 Å². The monoisotopic (exact) mass is 426 g/mol. The molecule has 6 rings (SSSR count). The maximum Gasteiger partial charge on any atom is 0.0721 e. The first-order valence-corrected chi connectivity index (χ1v) is 14.0. The van der Waals surface area contributed by atoms with Gasteiger partial charge in [0.05, 0.1) is 11.2 Å². The number of ether oxygens (including phenoxy) is 1. The van der Waals surface area contributed by atoms with Gasteiger partial charge in [-0.2, -0.15) is 0 Å². The van der Waals surface area contributed by atoms with Gasteiger partial charge in [-0.25, -0.2) is 0 Å². The Morgan fingerprint density at radius 1 is 0.548 bits per heavy atom. The molecular weight excluding hydrogens is 376 g/mol. The molecule has 6 aliphatic carbocycles. The molecule has 0 N–H and O–H groups in total. The molecule has 0 aromatic rings. The first kappa shape index (κ1) is 21.5. The third kappa shape index (κ3) is 2.25. The van der Waals surface area contributed by atoms with Crippen LogP contribution in [0.25, 0.3) is 0 Å². The van der Waals surface area contributed by atoms with Gasteiger partial charge < -0.3 is 4.74 Å². The minimum absolute atomic E-state index is 0.0908. The molecule has 0 radical (unpaired) electrons. The largest absolute Gasteiger partial charge is 0.368 e. The van der Waals surface area contributed by atoms with Crippen molar-refractivity contribution in [3.05, 3.63) is 0 Å². The predicted octanol–water partition coefficient (Wildman–Crippen LogP) is 8.27. The van der Waals surface area contributed by atoms with Crippen molar-refractivity contribution < 1.29 is 4.74 Å². The van der Waals surface area contributed by atoms with Gasteiger partial charge in [-0.3, -0.25) is 0 Å². The Kier molecular flexibility index (Phi) is 4.13. The lowest BCUT2D eigenvalue weighted by molar-refractivity contribution is -0.238. The SMILES string of the molecule is C[C@@H]1CC[C@]23C[C@H]1C(C)(C)[C@@H]2CC[C@@]3(C)O[C@]1(C)CC[C@H]2C(C)(C)[C@@H]3C[C@@]21CC[C@H]3C. The van der Waals surface area contributed by atoms with Gasteiger partial charge in [-0.1, -0.05) is 41.5 Å². The van der Waals surface area contributed by atoms with Crippen LogP contribution in [-0.4, -0.2) is 11.2 Å². The van der Waals surface area contributed by atoms with E-state index in [0.29, 0.717) is 21.7 Å². The summed E-state index contributed by atoms with van der Waals surface area (Å²) in [5.41, 5.74) is 2.06. The second kappa shape index (κ2) is 5.95. The van der Waals surface area contributed by atoms with E-state index in [1.165, 1.54) is 64.2 Å². The first-order chi connectivity index (χ1) is 14.3. The molecule has 0 heterocycles. The van der Waals surface area contributed by atoms with Crippen molar-refractivity contribution in [2.45, 2.75) is 131 Å². The normalized spacial score (nSPS) is 60.8. The average molecular weight is 427 g/mol. The van der Waals surface area contributed by atoms with Gasteiger partial charge >= 0.3 is 0 Å². The molecular formula is C30H50O. The van der Waals surface area contributed by atoms with Crippen LogP contribution in [0.5, 0.6) is 0 Å². The van der Waals surface area contributed by atoms with Crippen LogP contribution in [0.3, 0.4) is 0 Å². The van der Waals surface area contributed by atoms with Crippen LogP contribution in [0.15, 0.2) is 0 Å². The van der Waals surface area contributed by atoms with E-state index >= 15 is 0 Å². The smallest absolute Gasteiger partial charge is 0.0721 e. The van der Waals surface area contributed by atoms with Crippen LogP contribution < -0.4 is 0 Å². The fraction of sp³-hybridized carbons (Fsp3) is 1.00. The third-order valence-electron chi connectivity index (χ3n) is 14.1. The van der Waals surface area contributed by atoms with Crippen LogP contribution in [0.2, 0.25) is 0 Å². The van der Waals surface area contributed by atoms with E-state index < -0.39 is 0 Å². The average Bonchev–Trinajstić information content (AvgIpc) is 3.25. The van der Waals surface area contributed by atoms with Gasteiger partial charge in [0.15, 0.2) is 0 Å². The van der Waals surface area contributed by atoms with E-state index in [2.05, 4.69) is 55.4 Å². The Hall–Kier alpha value is -0.0400. The number of hydrogen-bond acceptors (Lipinski definition) is 1. The van der Waals surface area contributed by atoms with Gasteiger partial charge in [0.2, 0.25) is 0 Å². The van der Waals surface area contributed by atoms with Gasteiger partial charge in [0.25, 0.3) is 0 Å². The van der Waals surface area contributed by atoms with Crippen molar-refractivity contribution in [2.75, 3.05) is 0 Å². The minimum atomic E-state index is 0.0908. The van der Waals surface area contributed by atoms with Gasteiger partial charge in [0, 0.05) is 10.8 Å². The summed E-state index contributed by atoms with van der Waals surface area (Å²) in [6, 6.07) is 0. The molecule has 0 aromatic heterocycles. The molecule has 1 heteroatoms. The van der Waals surface area contributed by atoms with Crippen molar-refractivity contribution in [2.24, 2.45) is 57.2 Å². The Morgan fingerprint density at radius 2 is 0.935 bits per heavy atom. The van der Waals surface area contributed by atoms with E-state index in [-0.39, 0.29) is 11.2 Å². The van der Waals surface area contributed by atoms with Crippen LogP contribution >= 0.6 is 0 Å². The van der Waals surface area contributed by atoms with E-state index in [4.69, 9.17) is 4.74 Å². The number of hydrogen-bond donors (Lipinski definition) is 0. The van der Waals surface area contributed by atoms with Crippen molar-refractivity contribution in [3.8, 4) is 0 Å². The highest BCUT2D eigenvalue weighted by Crippen LogP contribution is 2.78. The van der Waals surface area contributed by atoms with E-state index in [0.717, 1.165) is 35.5 Å². The van der Waals surface area contributed by atoms with Crippen LogP contribution in [0.1, 0.15) is 120 Å². The Bertz CT molecular complexity index is 717. The lowest BCUT2D eigenvalue weighted by Gasteiger charge is -2.55. The summed E-state index contributed by atoms with van der Waals surface area (Å²) in [7, 11) is 0. The van der Waals surface area contributed by atoms with Crippen LogP contribution in [0, 0.1) is 57.2 Å². The first-order valence-electron chi connectivity index (χ1n) is 14.0. The molecule has 4 bridgehead atoms. The highest BCUT2D eigenvalue weighted by molar-refractivity contribution is 5.23. The zero-order valence-corrected chi connectivity index (χ0v) is 21.9. The van der Waals surface area contributed by atoms with Crippen molar-refractivity contribution in [3.63, 3.8) is 0 Å². The molecule has 0 aromatic carbocycles. The number of fused-ring (bicyclic) bond motifs is 2. The summed E-state index contributed by atoms with van der Waals surface area (Å²) >= 11 is 0. The molecule has 176 valence electrons. The zero-order chi connectivity index (χ0) is 22.2. The maximum atomic E-state index is 7.79. The quantitative estimate of drug-likeness (QED) is 0.432. The summed E-state index contributed by atoms with van der Waals surface area (Å²) in [5.74, 6) is 5.35. The summed E-state index contributed by atoms with van der Waals surface area (Å²) in [4.78, 5) is 0. The lowest BCUT2D eigenvalue weighted by atomic mass is 9.61. The Balaban J connectivity index is 1.37. The van der Waals surface area contributed by atoms with Gasteiger partial charge in [-0.05, 0) is 124 Å². The highest BCUT2D eigenvalue weighted by Gasteiger charge is 2.75. The summed E-state index contributed by atoms with van der Waals surface area (Å²) in [5, 5.41) is 0. The summed E-state index contributed by atoms with van der Waals surface area (Å²) in [6.45, 7) is 20.8. The predicted molar refractivity (Wildman–Crippen MR) is 129 cm³/mol. The Morgan fingerprint density at radius 3 is 1.32 bits per heavy atom. The minimum Gasteiger partial charge on any atom is -0.368 e. The van der Waals surface area contributed by atoms with Crippen LogP contribution in [0.4, 0.5) is 0 Å². The molecule has 0 amide bonds. The van der Waals surface area contributed by atoms with Crippen molar-refractivity contribution in [1.82, 2.24) is 0 Å². The lowest BCUT2D eigenvalue weighted by Crippen LogP contribution is -2.56. The zero-order valence-electron chi connectivity index (χ0n) is 21.9. The molecule has 0 unspecified atom stereocenters. The molecule has 2 spiro atoms. The molecule has 6 saturated carbocycles. The van der Waals surface area contributed by atoms with E-state index in [9.17, 15) is 0 Å². The van der Waals surface area contributed by atoms with Gasteiger partial charge in [-0.15, -0.1) is 0 Å². The Labute approximate surface area is 192 Å². The summed E-state index contributed by atoms with van der Waals surface area (Å²) in [6.07, 6.45) is 14.0. The molecule has 10 atom stereocenters. The third-order valence-corrected chi connectivity index (χ3v) is 14.1. The molecule has 6 aliphatic rings. The molecule has 0 aliphatic heterocycles. The second-order valence-corrected chi connectivity index (χ2v) is 15.4.